The average molecular weight is 336 g/mol. The molecule has 3 rings (SSSR count). The summed E-state index contributed by atoms with van der Waals surface area (Å²) in [6, 6.07) is 10.9. The van der Waals surface area contributed by atoms with Gasteiger partial charge in [-0.15, -0.1) is 11.3 Å². The first-order valence-corrected chi connectivity index (χ1v) is 8.24. The van der Waals surface area contributed by atoms with E-state index < -0.39 is 0 Å². The van der Waals surface area contributed by atoms with E-state index in [1.165, 1.54) is 16.2 Å². The van der Waals surface area contributed by atoms with Crippen LogP contribution in [-0.2, 0) is 11.3 Å². The molecule has 0 atom stereocenters. The van der Waals surface area contributed by atoms with Crippen molar-refractivity contribution in [2.45, 2.75) is 6.54 Å². The molecule has 0 unspecified atom stereocenters. The lowest BCUT2D eigenvalue weighted by Crippen LogP contribution is -2.27. The highest BCUT2D eigenvalue weighted by Crippen LogP contribution is 2.33. The minimum absolute atomic E-state index is 0.238. The Morgan fingerprint density at radius 1 is 1.14 bits per heavy atom. The van der Waals surface area contributed by atoms with E-state index in [2.05, 4.69) is 0 Å². The van der Waals surface area contributed by atoms with Crippen molar-refractivity contribution >= 4 is 51.9 Å². The maximum absolute atomic E-state index is 12.3. The lowest BCUT2D eigenvalue weighted by molar-refractivity contribution is -0.123. The number of hydrogen-bond acceptors (Lipinski definition) is 4. The molecule has 1 aliphatic heterocycles. The molecule has 0 radical (unpaired) electrons. The maximum atomic E-state index is 12.3. The van der Waals surface area contributed by atoms with Gasteiger partial charge in [0, 0.05) is 9.90 Å². The number of rotatable bonds is 3. The van der Waals surface area contributed by atoms with E-state index in [4.69, 9.17) is 11.6 Å². The van der Waals surface area contributed by atoms with Crippen molar-refractivity contribution in [3.63, 3.8) is 0 Å². The van der Waals surface area contributed by atoms with Crippen LogP contribution in [0.1, 0.15) is 10.4 Å². The normalized spacial score (nSPS) is 17.0. The molecule has 21 heavy (non-hydrogen) atoms. The Bertz CT molecular complexity index is 708. The summed E-state index contributed by atoms with van der Waals surface area (Å²) in [5.74, 6) is -0.242. The van der Waals surface area contributed by atoms with E-state index >= 15 is 0 Å². The second-order valence-electron chi connectivity index (χ2n) is 4.41. The van der Waals surface area contributed by atoms with Gasteiger partial charge in [0.15, 0.2) is 0 Å². The third kappa shape index (κ3) is 3.20. The third-order valence-corrected chi connectivity index (χ3v) is 4.92. The van der Waals surface area contributed by atoms with Crippen molar-refractivity contribution in [2.24, 2.45) is 0 Å². The van der Waals surface area contributed by atoms with Crippen LogP contribution in [0.2, 0.25) is 5.02 Å². The molecule has 6 heteroatoms. The van der Waals surface area contributed by atoms with E-state index in [9.17, 15) is 9.59 Å². The Hall–Kier alpha value is -1.56. The summed E-state index contributed by atoms with van der Waals surface area (Å²) in [6.07, 6.45) is 1.76. The molecule has 1 aromatic carbocycles. The van der Waals surface area contributed by atoms with Gasteiger partial charge in [-0.2, -0.15) is 0 Å². The van der Waals surface area contributed by atoms with Crippen LogP contribution in [0, 0.1) is 0 Å². The Kier molecular flexibility index (Phi) is 4.14. The van der Waals surface area contributed by atoms with Crippen molar-refractivity contribution in [1.29, 1.82) is 0 Å². The molecule has 0 spiro atoms. The van der Waals surface area contributed by atoms with Crippen molar-refractivity contribution in [3.8, 4) is 0 Å². The zero-order chi connectivity index (χ0) is 14.8. The number of imide groups is 1. The van der Waals surface area contributed by atoms with Gasteiger partial charge >= 0.3 is 0 Å². The highest BCUT2D eigenvalue weighted by Gasteiger charge is 2.34. The first-order valence-electron chi connectivity index (χ1n) is 6.17. The van der Waals surface area contributed by atoms with Crippen LogP contribution in [-0.4, -0.2) is 16.0 Å². The molecule has 106 valence electrons. The van der Waals surface area contributed by atoms with Gasteiger partial charge in [0.2, 0.25) is 0 Å². The molecule has 3 nitrogen and oxygen atoms in total. The van der Waals surface area contributed by atoms with Gasteiger partial charge in [0.25, 0.3) is 11.1 Å². The number of thiophene rings is 1. The fourth-order valence-electron chi connectivity index (χ4n) is 1.91. The summed E-state index contributed by atoms with van der Waals surface area (Å²) in [6.45, 7) is 0.267. The van der Waals surface area contributed by atoms with Crippen molar-refractivity contribution in [1.82, 2.24) is 4.90 Å². The van der Waals surface area contributed by atoms with Crippen molar-refractivity contribution in [3.05, 3.63) is 62.1 Å². The largest absolute Gasteiger partial charge is 0.293 e. The number of carbonyl (C=O) groups excluding carboxylic acids is 2. The minimum atomic E-state index is -0.242. The predicted molar refractivity (Wildman–Crippen MR) is 87.3 cm³/mol. The molecule has 1 saturated heterocycles. The van der Waals surface area contributed by atoms with Gasteiger partial charge in [-0.3, -0.25) is 14.5 Å². The van der Waals surface area contributed by atoms with Crippen LogP contribution in [0.5, 0.6) is 0 Å². The summed E-state index contributed by atoms with van der Waals surface area (Å²) in [4.78, 5) is 27.0. The van der Waals surface area contributed by atoms with Gasteiger partial charge in [-0.05, 0) is 47.0 Å². The highest BCUT2D eigenvalue weighted by atomic mass is 35.5. The van der Waals surface area contributed by atoms with Gasteiger partial charge < -0.3 is 0 Å². The van der Waals surface area contributed by atoms with E-state index in [0.717, 1.165) is 22.2 Å². The van der Waals surface area contributed by atoms with E-state index in [0.29, 0.717) is 9.93 Å². The fourth-order valence-corrected chi connectivity index (χ4v) is 3.60. The molecule has 0 aliphatic carbocycles. The molecule has 2 amide bonds. The Morgan fingerprint density at radius 2 is 1.90 bits per heavy atom. The second-order valence-corrected chi connectivity index (χ2v) is 6.82. The number of carbonyl (C=O) groups is 2. The van der Waals surface area contributed by atoms with Gasteiger partial charge in [0.1, 0.15) is 0 Å². The molecule has 1 aromatic heterocycles. The Balaban J connectivity index is 1.79. The van der Waals surface area contributed by atoms with Gasteiger partial charge in [0.05, 0.1) is 11.4 Å². The second kappa shape index (κ2) is 6.05. The van der Waals surface area contributed by atoms with Crippen LogP contribution in [0.3, 0.4) is 0 Å². The van der Waals surface area contributed by atoms with Crippen molar-refractivity contribution in [2.75, 3.05) is 0 Å². The lowest BCUT2D eigenvalue weighted by Gasteiger charge is -2.12. The van der Waals surface area contributed by atoms with Gasteiger partial charge in [-0.25, -0.2) is 0 Å². The Morgan fingerprint density at radius 3 is 2.57 bits per heavy atom. The zero-order valence-electron chi connectivity index (χ0n) is 10.8. The van der Waals surface area contributed by atoms with E-state index in [1.807, 2.05) is 29.6 Å². The SMILES string of the molecule is O=C1SC(=Cc2cccs2)C(=O)N1Cc1ccc(Cl)cc1. The zero-order valence-corrected chi connectivity index (χ0v) is 13.2. The molecular weight excluding hydrogens is 326 g/mol. The Labute approximate surface area is 135 Å². The van der Waals surface area contributed by atoms with Crippen LogP contribution >= 0.6 is 34.7 Å². The van der Waals surface area contributed by atoms with E-state index in [-0.39, 0.29) is 17.7 Å². The maximum Gasteiger partial charge on any atom is 0.293 e. The first-order chi connectivity index (χ1) is 10.1. The van der Waals surface area contributed by atoms with Crippen molar-refractivity contribution < 1.29 is 9.59 Å². The number of halogens is 1. The summed E-state index contributed by atoms with van der Waals surface area (Å²) in [5.41, 5.74) is 0.874. The van der Waals surface area contributed by atoms with E-state index in [1.54, 1.807) is 18.2 Å². The molecule has 0 bridgehead atoms. The number of nitrogens with zero attached hydrogens (tertiary/aromatic N) is 1. The molecular formula is C15H10ClNO2S2. The van der Waals surface area contributed by atoms with Crippen LogP contribution in [0.25, 0.3) is 6.08 Å². The van der Waals surface area contributed by atoms with Crippen LogP contribution in [0.15, 0.2) is 46.7 Å². The topological polar surface area (TPSA) is 37.4 Å². The van der Waals surface area contributed by atoms with Crippen LogP contribution < -0.4 is 0 Å². The molecule has 1 aliphatic rings. The molecule has 0 saturated carbocycles. The quantitative estimate of drug-likeness (QED) is 0.767. The predicted octanol–water partition coefficient (Wildman–Crippen LogP) is 4.64. The first kappa shape index (κ1) is 14.4. The lowest BCUT2D eigenvalue weighted by atomic mass is 10.2. The summed E-state index contributed by atoms with van der Waals surface area (Å²) in [5, 5.41) is 2.33. The average Bonchev–Trinajstić information content (AvgIpc) is 3.06. The highest BCUT2D eigenvalue weighted by molar-refractivity contribution is 8.18. The van der Waals surface area contributed by atoms with Gasteiger partial charge in [-0.1, -0.05) is 29.8 Å². The summed E-state index contributed by atoms with van der Waals surface area (Å²) < 4.78 is 0. The smallest absolute Gasteiger partial charge is 0.268 e. The fraction of sp³-hybridized carbons (Fsp3) is 0.0667. The number of benzene rings is 1. The summed E-state index contributed by atoms with van der Waals surface area (Å²) in [7, 11) is 0. The molecule has 2 heterocycles. The molecule has 2 aromatic rings. The number of amides is 2. The van der Waals surface area contributed by atoms with Crippen LogP contribution in [0.4, 0.5) is 4.79 Å². The number of thioether (sulfide) groups is 1. The molecule has 0 N–H and O–H groups in total. The standard InChI is InChI=1S/C15H10ClNO2S2/c16-11-5-3-10(4-6-11)9-17-14(18)13(21-15(17)19)8-12-2-1-7-20-12/h1-8H,9H2. The third-order valence-electron chi connectivity index (χ3n) is 2.94. The summed E-state index contributed by atoms with van der Waals surface area (Å²) >= 11 is 8.34. The molecule has 1 fully saturated rings. The minimum Gasteiger partial charge on any atom is -0.268 e. The monoisotopic (exact) mass is 335 g/mol. The number of hydrogen-bond donors (Lipinski definition) is 0.